The molecular formula is C17H23ClN2O4S. The van der Waals surface area contributed by atoms with Crippen LogP contribution in [-0.4, -0.2) is 37.6 Å². The van der Waals surface area contributed by atoms with E-state index in [9.17, 15) is 18.0 Å². The monoisotopic (exact) mass is 386 g/mol. The molecule has 1 aliphatic rings. The fourth-order valence-corrected chi connectivity index (χ4v) is 5.31. The molecule has 0 saturated heterocycles. The molecule has 0 unspecified atom stereocenters. The zero-order valence-electron chi connectivity index (χ0n) is 14.3. The Hall–Kier alpha value is -1.60. The first-order valence-corrected chi connectivity index (χ1v) is 10.1. The molecule has 0 bridgehead atoms. The lowest BCUT2D eigenvalue weighted by Crippen LogP contribution is -2.52. The molecule has 1 aromatic rings. The number of carbonyl (C=O) groups excluding carboxylic acids is 2. The lowest BCUT2D eigenvalue weighted by molar-refractivity contribution is -0.127. The maximum Gasteiger partial charge on any atom is 0.242 e. The summed E-state index contributed by atoms with van der Waals surface area (Å²) in [6.45, 7) is 3.38. The summed E-state index contributed by atoms with van der Waals surface area (Å²) in [5.41, 5.74) is 0. The van der Waals surface area contributed by atoms with Crippen LogP contribution in [-0.2, 0) is 19.4 Å². The number of hydrogen-bond acceptors (Lipinski definition) is 4. The van der Waals surface area contributed by atoms with Crippen LogP contribution in [0.5, 0.6) is 0 Å². The van der Waals surface area contributed by atoms with Crippen molar-refractivity contribution in [3.8, 4) is 0 Å². The van der Waals surface area contributed by atoms with Crippen LogP contribution >= 0.6 is 11.6 Å². The van der Waals surface area contributed by atoms with Gasteiger partial charge in [0.1, 0.15) is 0 Å². The maximum atomic E-state index is 13.1. The minimum atomic E-state index is -3.89. The topological polar surface area (TPSA) is 92.3 Å². The molecule has 0 aliphatic heterocycles. The molecule has 2 amide bonds. The Morgan fingerprint density at radius 1 is 1.16 bits per heavy atom. The first-order chi connectivity index (χ1) is 11.7. The van der Waals surface area contributed by atoms with E-state index in [1.54, 1.807) is 0 Å². The van der Waals surface area contributed by atoms with Crippen molar-refractivity contribution in [2.24, 2.45) is 0 Å². The molecule has 1 fully saturated rings. The van der Waals surface area contributed by atoms with Gasteiger partial charge in [-0.2, -0.15) is 0 Å². The highest BCUT2D eigenvalue weighted by Crippen LogP contribution is 2.40. The number of amides is 2. The minimum Gasteiger partial charge on any atom is -0.352 e. The fourth-order valence-electron chi connectivity index (χ4n) is 3.10. The second-order valence-corrected chi connectivity index (χ2v) is 9.26. The molecule has 0 radical (unpaired) electrons. The van der Waals surface area contributed by atoms with E-state index >= 15 is 0 Å². The standard InChI is InChI=1S/C17H23ClN2O4S/c1-12(2)20-15(21)11-19-16(22)17(9-3-4-10-17)25(23,24)14-7-5-13(18)6-8-14/h5-8,12H,3-4,9-11H2,1-2H3,(H,19,22)(H,20,21). The Morgan fingerprint density at radius 3 is 2.24 bits per heavy atom. The van der Waals surface area contributed by atoms with E-state index in [0.29, 0.717) is 17.9 Å². The average molecular weight is 387 g/mol. The highest BCUT2D eigenvalue weighted by molar-refractivity contribution is 7.93. The third kappa shape index (κ3) is 4.15. The van der Waals surface area contributed by atoms with Crippen LogP contribution in [0.15, 0.2) is 29.2 Å². The Labute approximate surface area is 153 Å². The van der Waals surface area contributed by atoms with Gasteiger partial charge in [0.05, 0.1) is 11.4 Å². The van der Waals surface area contributed by atoms with Crippen molar-refractivity contribution in [1.82, 2.24) is 10.6 Å². The van der Waals surface area contributed by atoms with Crippen LogP contribution in [0.4, 0.5) is 0 Å². The molecule has 1 aliphatic carbocycles. The van der Waals surface area contributed by atoms with Gasteiger partial charge in [-0.1, -0.05) is 24.4 Å². The number of halogens is 1. The van der Waals surface area contributed by atoms with Gasteiger partial charge in [-0.3, -0.25) is 9.59 Å². The zero-order chi connectivity index (χ0) is 18.7. The van der Waals surface area contributed by atoms with E-state index < -0.39 is 20.5 Å². The maximum absolute atomic E-state index is 13.1. The van der Waals surface area contributed by atoms with Crippen molar-refractivity contribution in [3.05, 3.63) is 29.3 Å². The molecule has 25 heavy (non-hydrogen) atoms. The molecule has 0 aromatic heterocycles. The van der Waals surface area contributed by atoms with Crippen LogP contribution in [0.3, 0.4) is 0 Å². The van der Waals surface area contributed by atoms with Crippen LogP contribution in [0.25, 0.3) is 0 Å². The number of hydrogen-bond donors (Lipinski definition) is 2. The van der Waals surface area contributed by atoms with Crippen molar-refractivity contribution < 1.29 is 18.0 Å². The van der Waals surface area contributed by atoms with Crippen molar-refractivity contribution in [3.63, 3.8) is 0 Å². The molecule has 8 heteroatoms. The SMILES string of the molecule is CC(C)NC(=O)CNC(=O)C1(S(=O)(=O)c2ccc(Cl)cc2)CCCC1. The van der Waals surface area contributed by atoms with E-state index in [4.69, 9.17) is 11.6 Å². The summed E-state index contributed by atoms with van der Waals surface area (Å²) in [6, 6.07) is 5.76. The first-order valence-electron chi connectivity index (χ1n) is 8.27. The summed E-state index contributed by atoms with van der Waals surface area (Å²) in [7, 11) is -3.89. The predicted molar refractivity (Wildman–Crippen MR) is 96.1 cm³/mol. The predicted octanol–water partition coefficient (Wildman–Crippen LogP) is 2.07. The smallest absolute Gasteiger partial charge is 0.242 e. The Bertz CT molecular complexity index is 738. The van der Waals surface area contributed by atoms with Gasteiger partial charge < -0.3 is 10.6 Å². The summed E-state index contributed by atoms with van der Waals surface area (Å²) < 4.78 is 24.7. The van der Waals surface area contributed by atoms with Gasteiger partial charge in [-0.15, -0.1) is 0 Å². The molecule has 0 atom stereocenters. The lowest BCUT2D eigenvalue weighted by atomic mass is 10.1. The van der Waals surface area contributed by atoms with Gasteiger partial charge in [-0.25, -0.2) is 8.42 Å². The van der Waals surface area contributed by atoms with E-state index in [0.717, 1.165) is 0 Å². The van der Waals surface area contributed by atoms with Crippen molar-refractivity contribution in [2.75, 3.05) is 6.54 Å². The fraction of sp³-hybridized carbons (Fsp3) is 0.529. The first kappa shape index (κ1) is 19.7. The third-order valence-electron chi connectivity index (χ3n) is 4.32. The number of sulfone groups is 1. The Balaban J connectivity index is 2.24. The normalized spacial score (nSPS) is 16.6. The van der Waals surface area contributed by atoms with Gasteiger partial charge in [0, 0.05) is 11.1 Å². The second kappa shape index (κ2) is 7.74. The van der Waals surface area contributed by atoms with Crippen LogP contribution in [0.1, 0.15) is 39.5 Å². The largest absolute Gasteiger partial charge is 0.352 e. The minimum absolute atomic E-state index is 0.0531. The van der Waals surface area contributed by atoms with E-state index in [1.807, 2.05) is 13.8 Å². The number of rotatable bonds is 6. The molecular weight excluding hydrogens is 364 g/mol. The number of nitrogens with one attached hydrogen (secondary N) is 2. The second-order valence-electron chi connectivity index (χ2n) is 6.56. The van der Waals surface area contributed by atoms with E-state index in [2.05, 4.69) is 10.6 Å². The van der Waals surface area contributed by atoms with Gasteiger partial charge in [0.2, 0.25) is 11.8 Å². The highest BCUT2D eigenvalue weighted by atomic mass is 35.5. The zero-order valence-corrected chi connectivity index (χ0v) is 15.9. The summed E-state index contributed by atoms with van der Waals surface area (Å²) in [5, 5.41) is 5.59. The molecule has 1 aromatic carbocycles. The number of benzene rings is 1. The van der Waals surface area contributed by atoms with Gasteiger partial charge in [-0.05, 0) is 51.0 Å². The molecule has 138 valence electrons. The number of carbonyl (C=O) groups is 2. The van der Waals surface area contributed by atoms with Gasteiger partial charge >= 0.3 is 0 Å². The average Bonchev–Trinajstić information content (AvgIpc) is 3.04. The molecule has 1 saturated carbocycles. The summed E-state index contributed by atoms with van der Waals surface area (Å²) >= 11 is 5.83. The molecule has 6 nitrogen and oxygen atoms in total. The summed E-state index contributed by atoms with van der Waals surface area (Å²) in [6.07, 6.45) is 1.79. The van der Waals surface area contributed by atoms with Crippen molar-refractivity contribution in [1.29, 1.82) is 0 Å². The van der Waals surface area contributed by atoms with E-state index in [1.165, 1.54) is 24.3 Å². The lowest BCUT2D eigenvalue weighted by Gasteiger charge is -2.27. The Kier molecular flexibility index (Phi) is 6.11. The van der Waals surface area contributed by atoms with Gasteiger partial charge in [0.15, 0.2) is 14.6 Å². The molecule has 0 heterocycles. The van der Waals surface area contributed by atoms with Crippen LogP contribution in [0.2, 0.25) is 5.02 Å². The van der Waals surface area contributed by atoms with E-state index in [-0.39, 0.29) is 36.2 Å². The highest BCUT2D eigenvalue weighted by Gasteiger charge is 2.52. The summed E-state index contributed by atoms with van der Waals surface area (Å²) in [5.74, 6) is -0.959. The van der Waals surface area contributed by atoms with Crippen LogP contribution < -0.4 is 10.6 Å². The van der Waals surface area contributed by atoms with Crippen molar-refractivity contribution in [2.45, 2.75) is 55.2 Å². The third-order valence-corrected chi connectivity index (χ3v) is 7.09. The van der Waals surface area contributed by atoms with Gasteiger partial charge in [0.25, 0.3) is 0 Å². The quantitative estimate of drug-likeness (QED) is 0.782. The van der Waals surface area contributed by atoms with Crippen molar-refractivity contribution >= 4 is 33.3 Å². The Morgan fingerprint density at radius 2 is 1.72 bits per heavy atom. The molecule has 2 N–H and O–H groups in total. The molecule has 0 spiro atoms. The van der Waals surface area contributed by atoms with Crippen LogP contribution in [0, 0.1) is 0 Å². The summed E-state index contributed by atoms with van der Waals surface area (Å²) in [4.78, 5) is 24.6. The molecule has 2 rings (SSSR count).